The Labute approximate surface area is 169 Å². The number of hydrogen-bond acceptors (Lipinski definition) is 4. The van der Waals surface area contributed by atoms with Crippen LogP contribution in [0.1, 0.15) is 41.5 Å². The number of carbonyl (C=O) groups excluding carboxylic acids is 2. The van der Waals surface area contributed by atoms with Gasteiger partial charge in [-0.15, -0.1) is 0 Å². The molecule has 4 rings (SSSR count). The van der Waals surface area contributed by atoms with E-state index in [1.165, 1.54) is 6.33 Å². The summed E-state index contributed by atoms with van der Waals surface area (Å²) in [6.07, 6.45) is 4.28. The second kappa shape index (κ2) is 8.68. The van der Waals surface area contributed by atoms with Crippen molar-refractivity contribution in [1.82, 2.24) is 25.4 Å². The highest BCUT2D eigenvalue weighted by atomic mass is 16.2. The Morgan fingerprint density at radius 3 is 2.52 bits per heavy atom. The van der Waals surface area contributed by atoms with Gasteiger partial charge in [-0.1, -0.05) is 42.5 Å². The fourth-order valence-corrected chi connectivity index (χ4v) is 3.69. The third kappa shape index (κ3) is 4.34. The lowest BCUT2D eigenvalue weighted by Crippen LogP contribution is -2.44. The van der Waals surface area contributed by atoms with Gasteiger partial charge in [-0.2, -0.15) is 5.10 Å². The lowest BCUT2D eigenvalue weighted by molar-refractivity contribution is -0.134. The average Bonchev–Trinajstić information content (AvgIpc) is 3.33. The molecule has 1 fully saturated rings. The molecule has 0 radical (unpaired) electrons. The van der Waals surface area contributed by atoms with E-state index in [-0.39, 0.29) is 24.4 Å². The maximum absolute atomic E-state index is 12.7. The maximum Gasteiger partial charge on any atom is 0.251 e. The fraction of sp³-hybridized carbons (Fsp3) is 0.273. The number of nitrogens with zero attached hydrogens (tertiary/aromatic N) is 3. The molecule has 2 heterocycles. The van der Waals surface area contributed by atoms with Crippen LogP contribution < -0.4 is 5.32 Å². The lowest BCUT2D eigenvalue weighted by Gasteiger charge is -2.34. The summed E-state index contributed by atoms with van der Waals surface area (Å²) in [5.41, 5.74) is 2.67. The minimum Gasteiger partial charge on any atom is -0.343 e. The SMILES string of the molecule is O=C(NCC(=O)N1CCCCC1c1ncn[nH]1)c1ccc(-c2ccccc2)cc1. The van der Waals surface area contributed by atoms with E-state index in [1.807, 2.05) is 42.5 Å². The van der Waals surface area contributed by atoms with Gasteiger partial charge in [-0.3, -0.25) is 14.7 Å². The van der Waals surface area contributed by atoms with Crippen molar-refractivity contribution in [3.63, 3.8) is 0 Å². The van der Waals surface area contributed by atoms with Gasteiger partial charge in [0.25, 0.3) is 5.91 Å². The Morgan fingerprint density at radius 1 is 1.03 bits per heavy atom. The van der Waals surface area contributed by atoms with Crippen LogP contribution in [0.15, 0.2) is 60.9 Å². The summed E-state index contributed by atoms with van der Waals surface area (Å²) in [6, 6.07) is 17.3. The van der Waals surface area contributed by atoms with E-state index in [1.54, 1.807) is 17.0 Å². The zero-order valence-corrected chi connectivity index (χ0v) is 16.0. The van der Waals surface area contributed by atoms with Crippen LogP contribution in [0, 0.1) is 0 Å². The number of carbonyl (C=O) groups is 2. The first-order chi connectivity index (χ1) is 14.2. The van der Waals surface area contributed by atoms with Crippen molar-refractivity contribution in [1.29, 1.82) is 0 Å². The van der Waals surface area contributed by atoms with Crippen LogP contribution in [-0.2, 0) is 4.79 Å². The highest BCUT2D eigenvalue weighted by molar-refractivity contribution is 5.96. The molecule has 3 aromatic rings. The van der Waals surface area contributed by atoms with Crippen molar-refractivity contribution in [2.45, 2.75) is 25.3 Å². The predicted octanol–water partition coefficient (Wildman–Crippen LogP) is 2.96. The van der Waals surface area contributed by atoms with Gasteiger partial charge >= 0.3 is 0 Å². The van der Waals surface area contributed by atoms with E-state index in [9.17, 15) is 9.59 Å². The molecule has 2 amide bonds. The van der Waals surface area contributed by atoms with E-state index in [2.05, 4.69) is 20.5 Å². The highest BCUT2D eigenvalue weighted by Gasteiger charge is 2.29. The van der Waals surface area contributed by atoms with Gasteiger partial charge in [0.1, 0.15) is 12.2 Å². The molecule has 2 N–H and O–H groups in total. The summed E-state index contributed by atoms with van der Waals surface area (Å²) in [7, 11) is 0. The molecule has 7 nitrogen and oxygen atoms in total. The summed E-state index contributed by atoms with van der Waals surface area (Å²) >= 11 is 0. The van der Waals surface area contributed by atoms with Gasteiger partial charge in [0.15, 0.2) is 0 Å². The monoisotopic (exact) mass is 389 g/mol. The summed E-state index contributed by atoms with van der Waals surface area (Å²) < 4.78 is 0. The molecule has 0 spiro atoms. The quantitative estimate of drug-likeness (QED) is 0.702. The maximum atomic E-state index is 12.7. The molecule has 2 aromatic carbocycles. The molecule has 0 bridgehead atoms. The Morgan fingerprint density at radius 2 is 1.79 bits per heavy atom. The molecule has 0 aliphatic carbocycles. The molecule has 7 heteroatoms. The molecule has 1 aromatic heterocycles. The zero-order valence-electron chi connectivity index (χ0n) is 16.0. The van der Waals surface area contributed by atoms with Gasteiger partial charge in [0.2, 0.25) is 5.91 Å². The summed E-state index contributed by atoms with van der Waals surface area (Å²) in [4.78, 5) is 31.2. The van der Waals surface area contributed by atoms with E-state index >= 15 is 0 Å². The van der Waals surface area contributed by atoms with Crippen LogP contribution in [-0.4, -0.2) is 45.0 Å². The zero-order chi connectivity index (χ0) is 20.1. The van der Waals surface area contributed by atoms with Crippen LogP contribution in [0.4, 0.5) is 0 Å². The Bertz CT molecular complexity index is 955. The molecular weight excluding hydrogens is 366 g/mol. The Balaban J connectivity index is 1.37. The number of hydrogen-bond donors (Lipinski definition) is 2. The molecule has 1 aliphatic heterocycles. The summed E-state index contributed by atoms with van der Waals surface area (Å²) in [5, 5.41) is 9.49. The number of H-pyrrole nitrogens is 1. The number of rotatable bonds is 5. The lowest BCUT2D eigenvalue weighted by atomic mass is 10.0. The second-order valence-corrected chi connectivity index (χ2v) is 7.10. The highest BCUT2D eigenvalue weighted by Crippen LogP contribution is 2.28. The molecule has 1 aliphatic rings. The molecule has 0 saturated carbocycles. The van der Waals surface area contributed by atoms with Crippen molar-refractivity contribution >= 4 is 11.8 Å². The molecule has 1 saturated heterocycles. The third-order valence-electron chi connectivity index (χ3n) is 5.23. The number of amides is 2. The minimum atomic E-state index is -0.258. The van der Waals surface area contributed by atoms with Gasteiger partial charge in [-0.05, 0) is 42.5 Å². The smallest absolute Gasteiger partial charge is 0.251 e. The second-order valence-electron chi connectivity index (χ2n) is 7.10. The largest absolute Gasteiger partial charge is 0.343 e. The van der Waals surface area contributed by atoms with E-state index in [4.69, 9.17) is 0 Å². The van der Waals surface area contributed by atoms with Crippen molar-refractivity contribution in [3.8, 4) is 11.1 Å². The first-order valence-electron chi connectivity index (χ1n) is 9.81. The topological polar surface area (TPSA) is 91.0 Å². The van der Waals surface area contributed by atoms with E-state index in [0.717, 1.165) is 30.4 Å². The van der Waals surface area contributed by atoms with Crippen LogP contribution >= 0.6 is 0 Å². The molecule has 1 unspecified atom stereocenters. The number of aromatic nitrogens is 3. The van der Waals surface area contributed by atoms with Crippen molar-refractivity contribution in [2.75, 3.05) is 13.1 Å². The summed E-state index contributed by atoms with van der Waals surface area (Å²) in [6.45, 7) is 0.621. The average molecular weight is 389 g/mol. The van der Waals surface area contributed by atoms with Crippen LogP contribution in [0.2, 0.25) is 0 Å². The van der Waals surface area contributed by atoms with Gasteiger partial charge in [0.05, 0.1) is 12.6 Å². The van der Waals surface area contributed by atoms with Crippen LogP contribution in [0.5, 0.6) is 0 Å². The van der Waals surface area contributed by atoms with Crippen LogP contribution in [0.25, 0.3) is 11.1 Å². The standard InChI is InChI=1S/C22H23N5O2/c28-20(27-13-5-4-8-19(27)21-24-15-25-26-21)14-23-22(29)18-11-9-17(10-12-18)16-6-2-1-3-7-16/h1-3,6-7,9-12,15,19H,4-5,8,13-14H2,(H,23,29)(H,24,25,26). The Kier molecular flexibility index (Phi) is 5.65. The molecule has 1 atom stereocenters. The van der Waals surface area contributed by atoms with Gasteiger partial charge in [-0.25, -0.2) is 4.98 Å². The van der Waals surface area contributed by atoms with Gasteiger partial charge < -0.3 is 10.2 Å². The first-order valence-corrected chi connectivity index (χ1v) is 9.81. The Hall–Kier alpha value is -3.48. The molecule has 29 heavy (non-hydrogen) atoms. The molecule has 148 valence electrons. The normalized spacial score (nSPS) is 16.4. The minimum absolute atomic E-state index is 0.0378. The fourth-order valence-electron chi connectivity index (χ4n) is 3.69. The number of piperidine rings is 1. The number of aromatic amines is 1. The van der Waals surface area contributed by atoms with E-state index in [0.29, 0.717) is 17.9 Å². The molecular formula is C22H23N5O2. The summed E-state index contributed by atoms with van der Waals surface area (Å²) in [5.74, 6) is 0.326. The number of nitrogens with one attached hydrogen (secondary N) is 2. The number of benzene rings is 2. The van der Waals surface area contributed by atoms with Crippen molar-refractivity contribution in [3.05, 3.63) is 72.3 Å². The van der Waals surface area contributed by atoms with Crippen LogP contribution in [0.3, 0.4) is 0 Å². The third-order valence-corrected chi connectivity index (χ3v) is 5.23. The van der Waals surface area contributed by atoms with Crippen molar-refractivity contribution in [2.24, 2.45) is 0 Å². The number of likely N-dealkylation sites (tertiary alicyclic amines) is 1. The first kappa shape index (κ1) is 18.9. The predicted molar refractivity (Wildman–Crippen MR) is 109 cm³/mol. The van der Waals surface area contributed by atoms with E-state index < -0.39 is 0 Å². The van der Waals surface area contributed by atoms with Gasteiger partial charge in [0, 0.05) is 12.1 Å². The van der Waals surface area contributed by atoms with Crippen molar-refractivity contribution < 1.29 is 9.59 Å².